The molecular weight excluding hydrogens is 559 g/mol. The summed E-state index contributed by atoms with van der Waals surface area (Å²) < 4.78 is 99.5. The lowest BCUT2D eigenvalue weighted by Gasteiger charge is -2.28. The van der Waals surface area contributed by atoms with Crippen LogP contribution in [-0.2, 0) is 29.1 Å². The van der Waals surface area contributed by atoms with E-state index in [4.69, 9.17) is 4.74 Å². The number of hydrogen-bond acceptors (Lipinski definition) is 6. The normalized spacial score (nSPS) is 14.6. The van der Waals surface area contributed by atoms with E-state index in [1.54, 1.807) is 0 Å². The van der Waals surface area contributed by atoms with Gasteiger partial charge in [-0.2, -0.15) is 31.3 Å². The Hall–Kier alpha value is -3.94. The van der Waals surface area contributed by atoms with Crippen LogP contribution in [0, 0.1) is 5.82 Å². The van der Waals surface area contributed by atoms with Gasteiger partial charge in [0.2, 0.25) is 17.7 Å². The summed E-state index contributed by atoms with van der Waals surface area (Å²) in [6.45, 7) is 4.84. The number of anilines is 1. The van der Waals surface area contributed by atoms with Gasteiger partial charge in [-0.3, -0.25) is 4.79 Å². The zero-order valence-corrected chi connectivity index (χ0v) is 22.0. The Bertz CT molecular complexity index is 1350. The molecule has 0 bridgehead atoms. The molecule has 0 unspecified atom stereocenters. The summed E-state index contributed by atoms with van der Waals surface area (Å²) in [5, 5.41) is 5.75. The highest BCUT2D eigenvalue weighted by Crippen LogP contribution is 2.39. The van der Waals surface area contributed by atoms with Crippen LogP contribution >= 0.6 is 0 Å². The summed E-state index contributed by atoms with van der Waals surface area (Å²) in [6.07, 6.45) is -8.71. The first-order valence-corrected chi connectivity index (χ1v) is 12.5. The number of carbonyl (C=O) groups is 1. The van der Waals surface area contributed by atoms with Crippen LogP contribution in [-0.4, -0.2) is 42.1 Å². The highest BCUT2D eigenvalue weighted by atomic mass is 19.4. The second-order valence-electron chi connectivity index (χ2n) is 9.90. The second kappa shape index (κ2) is 11.5. The van der Waals surface area contributed by atoms with Gasteiger partial charge < -0.3 is 20.3 Å². The Morgan fingerprint density at radius 1 is 0.951 bits per heavy atom. The van der Waals surface area contributed by atoms with Crippen molar-refractivity contribution < 1.29 is 40.3 Å². The van der Waals surface area contributed by atoms with Crippen molar-refractivity contribution in [1.29, 1.82) is 0 Å². The third kappa shape index (κ3) is 7.23. The molecule has 1 aliphatic heterocycles. The minimum Gasteiger partial charge on any atom is -0.438 e. The van der Waals surface area contributed by atoms with Gasteiger partial charge in [0.1, 0.15) is 11.6 Å². The fourth-order valence-corrected chi connectivity index (χ4v) is 4.07. The van der Waals surface area contributed by atoms with Crippen molar-refractivity contribution in [3.05, 3.63) is 76.7 Å². The average molecular weight is 586 g/mol. The van der Waals surface area contributed by atoms with E-state index in [2.05, 4.69) is 20.6 Å². The van der Waals surface area contributed by atoms with E-state index in [1.807, 2.05) is 4.90 Å². The number of halogens is 7. The number of benzene rings is 2. The fourth-order valence-electron chi connectivity index (χ4n) is 4.07. The zero-order chi connectivity index (χ0) is 30.0. The first-order chi connectivity index (χ1) is 19.1. The Morgan fingerprint density at radius 3 is 2.07 bits per heavy atom. The maximum absolute atomic E-state index is 13.4. The topological polar surface area (TPSA) is 79.4 Å². The van der Waals surface area contributed by atoms with Crippen LogP contribution in [0.3, 0.4) is 0 Å². The number of aromatic nitrogens is 2. The van der Waals surface area contributed by atoms with Gasteiger partial charge in [-0.25, -0.2) is 9.37 Å². The number of amides is 1. The molecule has 14 heteroatoms. The molecule has 0 radical (unpaired) electrons. The average Bonchev–Trinajstić information content (AvgIpc) is 2.92. The predicted molar refractivity (Wildman–Crippen MR) is 135 cm³/mol. The molecule has 2 aromatic carbocycles. The molecule has 1 fully saturated rings. The van der Waals surface area contributed by atoms with E-state index in [1.165, 1.54) is 44.3 Å². The highest BCUT2D eigenvalue weighted by molar-refractivity contribution is 5.87. The number of carbonyl (C=O) groups excluding carboxylic acids is 1. The molecule has 41 heavy (non-hydrogen) atoms. The first kappa shape index (κ1) is 30.0. The van der Waals surface area contributed by atoms with Gasteiger partial charge in [-0.1, -0.05) is 0 Å². The predicted octanol–water partition coefficient (Wildman–Crippen LogP) is 5.45. The largest absolute Gasteiger partial charge is 0.438 e. The summed E-state index contributed by atoms with van der Waals surface area (Å²) >= 11 is 0. The molecule has 1 aliphatic rings. The minimum absolute atomic E-state index is 0.00778. The minimum atomic E-state index is -5.06. The monoisotopic (exact) mass is 585 g/mol. The lowest BCUT2D eigenvalue weighted by atomic mass is 9.81. The molecule has 2 N–H and O–H groups in total. The highest BCUT2D eigenvalue weighted by Gasteiger charge is 2.40. The lowest BCUT2D eigenvalue weighted by Crippen LogP contribution is -2.44. The molecule has 1 saturated heterocycles. The van der Waals surface area contributed by atoms with Crippen molar-refractivity contribution in [3.8, 4) is 11.6 Å². The summed E-state index contributed by atoms with van der Waals surface area (Å²) in [5.41, 5.74) is -5.02. The number of nitrogens with one attached hydrogen (secondary N) is 2. The van der Waals surface area contributed by atoms with E-state index in [9.17, 15) is 35.5 Å². The third-order valence-electron chi connectivity index (χ3n) is 6.56. The van der Waals surface area contributed by atoms with Crippen LogP contribution in [0.4, 0.5) is 36.7 Å². The number of ether oxygens (including phenoxy) is 1. The number of nitrogens with zero attached hydrogens (tertiary/aromatic N) is 3. The molecule has 1 amide bonds. The van der Waals surface area contributed by atoms with E-state index < -0.39 is 46.2 Å². The maximum atomic E-state index is 13.4. The molecule has 1 aromatic heterocycles. The van der Waals surface area contributed by atoms with Gasteiger partial charge in [0.25, 0.3) is 0 Å². The molecule has 0 atom stereocenters. The van der Waals surface area contributed by atoms with E-state index in [-0.39, 0.29) is 29.8 Å². The van der Waals surface area contributed by atoms with Crippen molar-refractivity contribution in [3.63, 3.8) is 0 Å². The number of hydrogen-bond donors (Lipinski definition) is 2. The van der Waals surface area contributed by atoms with Gasteiger partial charge in [0.05, 0.1) is 22.1 Å². The third-order valence-corrected chi connectivity index (χ3v) is 6.56. The standard InChI is InChI=1S/C27H26F7N5O2/c1-25(2,17-11-18(26(29,30)31)13-19(12-17)27(32,33)34)23(40)36-14-16-15-37-24(39-9-7-35-8-10-39)38-22(16)41-21-5-3-20(28)4-6-21/h3-6,11-13,15,35H,7-10,14H2,1-2H3,(H,36,40). The van der Waals surface area contributed by atoms with Gasteiger partial charge in [-0.05, 0) is 61.9 Å². The van der Waals surface area contributed by atoms with Gasteiger partial charge in [0, 0.05) is 38.9 Å². The van der Waals surface area contributed by atoms with Gasteiger partial charge in [-0.15, -0.1) is 0 Å². The Balaban J connectivity index is 1.61. The van der Waals surface area contributed by atoms with Crippen molar-refractivity contribution in [2.75, 3.05) is 31.1 Å². The van der Waals surface area contributed by atoms with Crippen molar-refractivity contribution in [1.82, 2.24) is 20.6 Å². The molecule has 7 nitrogen and oxygen atoms in total. The molecule has 220 valence electrons. The molecule has 0 saturated carbocycles. The van der Waals surface area contributed by atoms with Crippen LogP contribution in [0.15, 0.2) is 48.7 Å². The molecule has 4 rings (SSSR count). The maximum Gasteiger partial charge on any atom is 0.416 e. The Kier molecular flexibility index (Phi) is 8.43. The molecule has 2 heterocycles. The molecular formula is C27H26F7N5O2. The van der Waals surface area contributed by atoms with E-state index >= 15 is 0 Å². The number of alkyl halides is 6. The summed E-state index contributed by atoms with van der Waals surface area (Å²) in [4.78, 5) is 23.9. The molecule has 0 aliphatic carbocycles. The van der Waals surface area contributed by atoms with Gasteiger partial charge >= 0.3 is 12.4 Å². The van der Waals surface area contributed by atoms with E-state index in [0.29, 0.717) is 44.3 Å². The smallest absolute Gasteiger partial charge is 0.416 e. The fraction of sp³-hybridized carbons (Fsp3) is 0.370. The Morgan fingerprint density at radius 2 is 1.51 bits per heavy atom. The van der Waals surface area contributed by atoms with Gasteiger partial charge in [0.15, 0.2) is 0 Å². The Labute approximate surface area is 230 Å². The zero-order valence-electron chi connectivity index (χ0n) is 22.0. The number of rotatable bonds is 7. The first-order valence-electron chi connectivity index (χ1n) is 12.5. The summed E-state index contributed by atoms with van der Waals surface area (Å²) in [7, 11) is 0. The van der Waals surface area contributed by atoms with Crippen molar-refractivity contribution in [2.45, 2.75) is 38.2 Å². The second-order valence-corrected chi connectivity index (χ2v) is 9.90. The van der Waals surface area contributed by atoms with Crippen molar-refractivity contribution in [2.24, 2.45) is 0 Å². The molecule has 0 spiro atoms. The van der Waals surface area contributed by atoms with Crippen LogP contribution in [0.2, 0.25) is 0 Å². The quantitative estimate of drug-likeness (QED) is 0.359. The lowest BCUT2D eigenvalue weighted by molar-refractivity contribution is -0.143. The van der Waals surface area contributed by atoms with E-state index in [0.717, 1.165) is 0 Å². The number of piperazine rings is 1. The summed E-state index contributed by atoms with van der Waals surface area (Å²) in [6, 6.07) is 6.18. The van der Waals surface area contributed by atoms with Crippen LogP contribution in [0.25, 0.3) is 0 Å². The molecule has 3 aromatic rings. The summed E-state index contributed by atoms with van der Waals surface area (Å²) in [5.74, 6) is -0.698. The van der Waals surface area contributed by atoms with Crippen molar-refractivity contribution >= 4 is 11.9 Å². The van der Waals surface area contributed by atoms with Crippen LogP contribution in [0.1, 0.15) is 36.1 Å². The van der Waals surface area contributed by atoms with Crippen LogP contribution in [0.5, 0.6) is 11.6 Å². The van der Waals surface area contributed by atoms with Crippen LogP contribution < -0.4 is 20.3 Å². The SMILES string of the molecule is CC(C)(C(=O)NCc1cnc(N2CCNCC2)nc1Oc1ccc(F)cc1)c1cc(C(F)(F)F)cc(C(F)(F)F)c1.